The van der Waals surface area contributed by atoms with E-state index in [9.17, 15) is 9.90 Å². The molecule has 0 aliphatic carbocycles. The Labute approximate surface area is 75.6 Å². The van der Waals surface area contributed by atoms with Crippen LogP contribution < -0.4 is 5.73 Å². The van der Waals surface area contributed by atoms with Crippen LogP contribution >= 0.6 is 0 Å². The lowest BCUT2D eigenvalue weighted by Gasteiger charge is -2.08. The molecule has 4 heteroatoms. The van der Waals surface area contributed by atoms with Gasteiger partial charge in [0.1, 0.15) is 11.9 Å². The van der Waals surface area contributed by atoms with Crippen LogP contribution in [0.15, 0.2) is 18.2 Å². The lowest BCUT2D eigenvalue weighted by molar-refractivity contribution is -0.125. The predicted molar refractivity (Wildman–Crippen MR) is 48.2 cm³/mol. The number of rotatable bonds is 2. The van der Waals surface area contributed by atoms with Crippen molar-refractivity contribution in [1.29, 1.82) is 0 Å². The van der Waals surface area contributed by atoms with Crippen molar-refractivity contribution in [3.05, 3.63) is 23.8 Å². The van der Waals surface area contributed by atoms with Crippen LogP contribution in [0, 0.1) is 0 Å². The highest BCUT2D eigenvalue weighted by Crippen LogP contribution is 2.24. The molecule has 1 unspecified atom stereocenters. The van der Waals surface area contributed by atoms with E-state index in [4.69, 9.17) is 10.8 Å². The number of ketones is 1. The standard InChI is InChI=1S/C9H11NO3/c1-5(11)9(13)6-2-3-8(12)7(10)4-6/h2-4,9,12-13H,10H2,1H3. The van der Waals surface area contributed by atoms with E-state index in [2.05, 4.69) is 0 Å². The summed E-state index contributed by atoms with van der Waals surface area (Å²) in [6.07, 6.45) is -1.16. The van der Waals surface area contributed by atoms with Crippen molar-refractivity contribution < 1.29 is 15.0 Å². The first-order valence-electron chi connectivity index (χ1n) is 3.79. The summed E-state index contributed by atoms with van der Waals surface area (Å²) >= 11 is 0. The molecule has 0 saturated heterocycles. The Morgan fingerprint density at radius 2 is 2.15 bits per heavy atom. The molecule has 0 bridgehead atoms. The molecule has 1 rings (SSSR count). The second-order valence-corrected chi connectivity index (χ2v) is 2.83. The number of benzene rings is 1. The molecule has 1 aromatic rings. The van der Waals surface area contributed by atoms with Crippen LogP contribution in [-0.2, 0) is 4.79 Å². The van der Waals surface area contributed by atoms with Gasteiger partial charge in [-0.25, -0.2) is 0 Å². The summed E-state index contributed by atoms with van der Waals surface area (Å²) in [6, 6.07) is 4.18. The second kappa shape index (κ2) is 3.45. The van der Waals surface area contributed by atoms with Crippen LogP contribution in [0.1, 0.15) is 18.6 Å². The van der Waals surface area contributed by atoms with Crippen molar-refractivity contribution >= 4 is 11.5 Å². The van der Waals surface area contributed by atoms with Gasteiger partial charge >= 0.3 is 0 Å². The molecule has 0 amide bonds. The molecular formula is C9H11NO3. The molecular weight excluding hydrogens is 170 g/mol. The van der Waals surface area contributed by atoms with E-state index < -0.39 is 6.10 Å². The summed E-state index contributed by atoms with van der Waals surface area (Å²) in [7, 11) is 0. The molecule has 1 aromatic carbocycles. The van der Waals surface area contributed by atoms with E-state index >= 15 is 0 Å². The van der Waals surface area contributed by atoms with Gasteiger partial charge in [0.15, 0.2) is 5.78 Å². The van der Waals surface area contributed by atoms with Gasteiger partial charge in [-0.2, -0.15) is 0 Å². The first-order valence-corrected chi connectivity index (χ1v) is 3.79. The molecule has 0 radical (unpaired) electrons. The number of aromatic hydroxyl groups is 1. The fourth-order valence-corrected chi connectivity index (χ4v) is 0.978. The minimum atomic E-state index is -1.16. The largest absolute Gasteiger partial charge is 0.506 e. The molecule has 1 atom stereocenters. The Morgan fingerprint density at radius 1 is 1.54 bits per heavy atom. The average molecular weight is 181 g/mol. The lowest BCUT2D eigenvalue weighted by atomic mass is 10.1. The average Bonchev–Trinajstić information content (AvgIpc) is 2.08. The van der Waals surface area contributed by atoms with E-state index in [1.165, 1.54) is 25.1 Å². The quantitative estimate of drug-likeness (QED) is 0.460. The minimum Gasteiger partial charge on any atom is -0.506 e. The van der Waals surface area contributed by atoms with Crippen molar-refractivity contribution in [1.82, 2.24) is 0 Å². The van der Waals surface area contributed by atoms with E-state index in [-0.39, 0.29) is 17.2 Å². The number of phenolic OH excluding ortho intramolecular Hbond substituents is 1. The summed E-state index contributed by atoms with van der Waals surface area (Å²) in [5.74, 6) is -0.412. The fraction of sp³-hybridized carbons (Fsp3) is 0.222. The van der Waals surface area contributed by atoms with Crippen molar-refractivity contribution in [2.45, 2.75) is 13.0 Å². The molecule has 0 saturated carbocycles. The highest BCUT2D eigenvalue weighted by molar-refractivity contribution is 5.82. The third-order valence-electron chi connectivity index (χ3n) is 1.75. The number of phenols is 1. The molecule has 0 aliphatic rings. The monoisotopic (exact) mass is 181 g/mol. The number of nitrogen functional groups attached to an aromatic ring is 1. The minimum absolute atomic E-state index is 0.0560. The third-order valence-corrected chi connectivity index (χ3v) is 1.75. The maximum atomic E-state index is 10.8. The van der Waals surface area contributed by atoms with Gasteiger partial charge in [0, 0.05) is 0 Å². The van der Waals surface area contributed by atoms with Crippen molar-refractivity contribution in [3.8, 4) is 5.75 Å². The fourth-order valence-electron chi connectivity index (χ4n) is 0.978. The highest BCUT2D eigenvalue weighted by atomic mass is 16.3. The smallest absolute Gasteiger partial charge is 0.162 e. The van der Waals surface area contributed by atoms with Gasteiger partial charge in [0.2, 0.25) is 0 Å². The van der Waals surface area contributed by atoms with E-state index in [1.807, 2.05) is 0 Å². The SMILES string of the molecule is CC(=O)C(O)c1ccc(O)c(N)c1. The Balaban J connectivity index is 3.03. The second-order valence-electron chi connectivity index (χ2n) is 2.83. The zero-order chi connectivity index (χ0) is 10.0. The zero-order valence-corrected chi connectivity index (χ0v) is 7.19. The highest BCUT2D eigenvalue weighted by Gasteiger charge is 2.13. The van der Waals surface area contributed by atoms with Crippen molar-refractivity contribution in [2.24, 2.45) is 0 Å². The number of nitrogens with two attached hydrogens (primary N) is 1. The van der Waals surface area contributed by atoms with Gasteiger partial charge in [-0.3, -0.25) is 4.79 Å². The van der Waals surface area contributed by atoms with Gasteiger partial charge in [-0.05, 0) is 24.6 Å². The molecule has 4 nitrogen and oxygen atoms in total. The van der Waals surface area contributed by atoms with E-state index in [1.54, 1.807) is 0 Å². The topological polar surface area (TPSA) is 83.5 Å². The van der Waals surface area contributed by atoms with Gasteiger partial charge in [0.25, 0.3) is 0 Å². The van der Waals surface area contributed by atoms with E-state index in [0.29, 0.717) is 5.56 Å². The van der Waals surface area contributed by atoms with Crippen LogP contribution in [0.3, 0.4) is 0 Å². The first kappa shape index (κ1) is 9.54. The van der Waals surface area contributed by atoms with Crippen molar-refractivity contribution in [2.75, 3.05) is 5.73 Å². The molecule has 0 aliphatic heterocycles. The molecule has 0 heterocycles. The number of hydrogen-bond donors (Lipinski definition) is 3. The van der Waals surface area contributed by atoms with E-state index in [0.717, 1.165) is 0 Å². The number of Topliss-reactive ketones (excluding diaryl/α,β-unsaturated/α-hetero) is 1. The third kappa shape index (κ3) is 1.97. The summed E-state index contributed by atoms with van der Waals surface area (Å²) in [6.45, 7) is 1.29. The maximum absolute atomic E-state index is 10.8. The Hall–Kier alpha value is -1.55. The van der Waals surface area contributed by atoms with Gasteiger partial charge < -0.3 is 15.9 Å². The lowest BCUT2D eigenvalue weighted by Crippen LogP contribution is -2.07. The molecule has 0 aromatic heterocycles. The van der Waals surface area contributed by atoms with Crippen LogP contribution in [0.25, 0.3) is 0 Å². The Morgan fingerprint density at radius 3 is 2.62 bits per heavy atom. The summed E-state index contributed by atoms with van der Waals surface area (Å²) in [4.78, 5) is 10.8. The Bertz CT molecular complexity index is 336. The molecule has 13 heavy (non-hydrogen) atoms. The summed E-state index contributed by atoms with van der Waals surface area (Å²) in [5.41, 5.74) is 5.93. The van der Waals surface area contributed by atoms with Gasteiger partial charge in [-0.1, -0.05) is 6.07 Å². The normalized spacial score (nSPS) is 12.5. The van der Waals surface area contributed by atoms with Crippen LogP contribution in [-0.4, -0.2) is 16.0 Å². The van der Waals surface area contributed by atoms with Crippen LogP contribution in [0.2, 0.25) is 0 Å². The number of carbonyl (C=O) groups excluding carboxylic acids is 1. The zero-order valence-electron chi connectivity index (χ0n) is 7.19. The summed E-state index contributed by atoms with van der Waals surface area (Å²) in [5, 5.41) is 18.4. The molecule has 0 fully saturated rings. The predicted octanol–water partition coefficient (Wildman–Crippen LogP) is 0.597. The van der Waals surface area contributed by atoms with Crippen molar-refractivity contribution in [3.63, 3.8) is 0 Å². The number of aliphatic hydroxyl groups is 1. The molecule has 4 N–H and O–H groups in total. The molecule has 70 valence electrons. The first-order chi connectivity index (χ1) is 6.02. The Kier molecular flexibility index (Phi) is 2.53. The number of carbonyl (C=O) groups is 1. The van der Waals surface area contributed by atoms with Crippen LogP contribution in [0.4, 0.5) is 5.69 Å². The van der Waals surface area contributed by atoms with Gasteiger partial charge in [-0.15, -0.1) is 0 Å². The number of aliphatic hydroxyl groups excluding tert-OH is 1. The number of hydrogen-bond acceptors (Lipinski definition) is 4. The molecule has 0 spiro atoms. The van der Waals surface area contributed by atoms with Crippen LogP contribution in [0.5, 0.6) is 5.75 Å². The number of anilines is 1. The van der Waals surface area contributed by atoms with Gasteiger partial charge in [0.05, 0.1) is 5.69 Å². The summed E-state index contributed by atoms with van der Waals surface area (Å²) < 4.78 is 0. The maximum Gasteiger partial charge on any atom is 0.162 e.